The van der Waals surface area contributed by atoms with E-state index in [-0.39, 0.29) is 0 Å². The molecule has 0 radical (unpaired) electrons. The van der Waals surface area contributed by atoms with Crippen LogP contribution in [-0.4, -0.2) is 12.0 Å². The molecule has 0 spiro atoms. The fraction of sp³-hybridized carbons (Fsp3) is 0.435. The Hall–Kier alpha value is -1.87. The molecule has 4 rings (SSSR count). The number of nitrogens with zero attached hydrogens (tertiary/aromatic N) is 2. The molecule has 0 bridgehead atoms. The highest BCUT2D eigenvalue weighted by molar-refractivity contribution is 7.18. The van der Waals surface area contributed by atoms with Crippen molar-refractivity contribution in [2.24, 2.45) is 0 Å². The molecule has 0 saturated carbocycles. The molecular weight excluding hydrogens is 336 g/mol. The van der Waals surface area contributed by atoms with Crippen LogP contribution in [0.2, 0.25) is 0 Å². The average molecular weight is 365 g/mol. The highest BCUT2D eigenvalue weighted by atomic mass is 32.1. The number of aromatic nitrogens is 1. The zero-order chi connectivity index (χ0) is 18.4. The Kier molecular flexibility index (Phi) is 4.52. The second kappa shape index (κ2) is 6.70. The van der Waals surface area contributed by atoms with Gasteiger partial charge in [0.1, 0.15) is 0 Å². The maximum absolute atomic E-state index is 4.78. The second-order valence-electron chi connectivity index (χ2n) is 8.14. The summed E-state index contributed by atoms with van der Waals surface area (Å²) in [5, 5.41) is 1.24. The van der Waals surface area contributed by atoms with Gasteiger partial charge in [0.05, 0.1) is 21.3 Å². The van der Waals surface area contributed by atoms with E-state index in [0.29, 0.717) is 17.9 Å². The highest BCUT2D eigenvalue weighted by Crippen LogP contribution is 2.40. The minimum absolute atomic E-state index is 0.446. The number of thiazole rings is 1. The molecule has 26 heavy (non-hydrogen) atoms. The Balaban J connectivity index is 1.67. The Bertz CT molecular complexity index is 939. The van der Waals surface area contributed by atoms with Crippen LogP contribution in [-0.2, 0) is 6.42 Å². The molecule has 136 valence electrons. The number of anilines is 1. The van der Waals surface area contributed by atoms with Gasteiger partial charge in [0.25, 0.3) is 0 Å². The van der Waals surface area contributed by atoms with Gasteiger partial charge < -0.3 is 4.90 Å². The molecule has 1 aromatic heterocycles. The maximum atomic E-state index is 4.78. The zero-order valence-electron chi connectivity index (χ0n) is 16.4. The van der Waals surface area contributed by atoms with E-state index in [1.165, 1.54) is 38.5 Å². The summed E-state index contributed by atoms with van der Waals surface area (Å²) in [5.41, 5.74) is 6.89. The summed E-state index contributed by atoms with van der Waals surface area (Å²) < 4.78 is 1.32. The first kappa shape index (κ1) is 17.5. The van der Waals surface area contributed by atoms with Crippen molar-refractivity contribution in [1.82, 2.24) is 4.98 Å². The van der Waals surface area contributed by atoms with E-state index in [9.17, 15) is 0 Å². The van der Waals surface area contributed by atoms with Crippen molar-refractivity contribution in [2.75, 3.05) is 11.9 Å². The minimum Gasteiger partial charge on any atom is -0.367 e. The van der Waals surface area contributed by atoms with E-state index < -0.39 is 0 Å². The number of rotatable bonds is 3. The number of aryl methyl sites for hydroxylation is 1. The van der Waals surface area contributed by atoms with Gasteiger partial charge in [-0.2, -0.15) is 0 Å². The zero-order valence-corrected chi connectivity index (χ0v) is 17.2. The van der Waals surface area contributed by atoms with Crippen molar-refractivity contribution >= 4 is 27.2 Å². The lowest BCUT2D eigenvalue weighted by Crippen LogP contribution is -2.29. The Labute approximate surface area is 160 Å². The summed E-state index contributed by atoms with van der Waals surface area (Å²) in [6, 6.07) is 14.3. The van der Waals surface area contributed by atoms with Crippen LogP contribution in [0, 0.1) is 0 Å². The van der Waals surface area contributed by atoms with E-state index in [1.807, 2.05) is 11.3 Å². The smallest absolute Gasteiger partial charge is 0.0963 e. The van der Waals surface area contributed by atoms with Gasteiger partial charge in [-0.05, 0) is 53.6 Å². The average Bonchev–Trinajstić information content (AvgIpc) is 3.05. The number of hydrogen-bond donors (Lipinski definition) is 0. The Morgan fingerprint density at radius 3 is 2.58 bits per heavy atom. The molecule has 2 heterocycles. The van der Waals surface area contributed by atoms with Gasteiger partial charge in [-0.1, -0.05) is 45.9 Å². The van der Waals surface area contributed by atoms with Crippen LogP contribution in [0.15, 0.2) is 36.4 Å². The Morgan fingerprint density at radius 1 is 1.04 bits per heavy atom. The van der Waals surface area contributed by atoms with Gasteiger partial charge in [0.15, 0.2) is 0 Å². The van der Waals surface area contributed by atoms with Gasteiger partial charge >= 0.3 is 0 Å². The number of hydrogen-bond acceptors (Lipinski definition) is 3. The van der Waals surface area contributed by atoms with Gasteiger partial charge in [0, 0.05) is 18.7 Å². The van der Waals surface area contributed by atoms with Crippen molar-refractivity contribution in [1.29, 1.82) is 0 Å². The van der Waals surface area contributed by atoms with E-state index >= 15 is 0 Å². The van der Waals surface area contributed by atoms with E-state index in [1.54, 1.807) is 0 Å². The van der Waals surface area contributed by atoms with Crippen LogP contribution >= 0.6 is 11.3 Å². The summed E-state index contributed by atoms with van der Waals surface area (Å²) in [4.78, 5) is 7.25. The first-order chi connectivity index (χ1) is 12.4. The first-order valence-corrected chi connectivity index (χ1v) is 10.5. The van der Waals surface area contributed by atoms with E-state index in [4.69, 9.17) is 4.98 Å². The number of benzene rings is 2. The van der Waals surface area contributed by atoms with E-state index in [2.05, 4.69) is 76.0 Å². The number of fused-ring (bicyclic) bond motifs is 2. The maximum Gasteiger partial charge on any atom is 0.0963 e. The molecule has 3 heteroatoms. The lowest BCUT2D eigenvalue weighted by molar-refractivity contribution is 0.584. The van der Waals surface area contributed by atoms with Crippen molar-refractivity contribution in [3.63, 3.8) is 0 Å². The van der Waals surface area contributed by atoms with Crippen LogP contribution < -0.4 is 4.90 Å². The van der Waals surface area contributed by atoms with Crippen molar-refractivity contribution < 1.29 is 0 Å². The molecule has 0 N–H and O–H groups in total. The lowest BCUT2D eigenvalue weighted by Gasteiger charge is -2.37. The molecule has 0 aliphatic carbocycles. The third-order valence-corrected chi connectivity index (χ3v) is 6.93. The van der Waals surface area contributed by atoms with Gasteiger partial charge in [-0.15, -0.1) is 11.3 Å². The topological polar surface area (TPSA) is 16.1 Å². The molecule has 0 amide bonds. The molecule has 1 aliphatic rings. The van der Waals surface area contributed by atoms with Crippen LogP contribution in [0.25, 0.3) is 10.2 Å². The SMILES string of the molecule is CC(C)c1ccc2c(c1)CCC(c1ccc3nc(C(C)C)sc3c1)N2C. The molecule has 1 aliphatic heterocycles. The third kappa shape index (κ3) is 3.03. The standard InChI is InChI=1S/C23H28N2S/c1-14(2)16-7-10-20-17(12-16)8-11-21(25(20)5)18-6-9-19-22(13-18)26-23(24-19)15(3)4/h6-7,9-10,12-15,21H,8,11H2,1-5H3. The predicted molar refractivity (Wildman–Crippen MR) is 114 cm³/mol. The molecule has 0 saturated heterocycles. The summed E-state index contributed by atoms with van der Waals surface area (Å²) in [7, 11) is 2.24. The molecule has 2 nitrogen and oxygen atoms in total. The van der Waals surface area contributed by atoms with Crippen molar-refractivity contribution in [3.8, 4) is 0 Å². The van der Waals surface area contributed by atoms with Crippen LogP contribution in [0.1, 0.15) is 73.7 Å². The predicted octanol–water partition coefficient (Wildman–Crippen LogP) is 6.67. The quantitative estimate of drug-likeness (QED) is 0.516. The Morgan fingerprint density at radius 2 is 1.85 bits per heavy atom. The fourth-order valence-corrected chi connectivity index (χ4v) is 4.98. The van der Waals surface area contributed by atoms with E-state index in [0.717, 1.165) is 11.9 Å². The largest absolute Gasteiger partial charge is 0.367 e. The third-order valence-electron chi connectivity index (χ3n) is 5.61. The molecule has 0 fully saturated rings. The molecule has 1 unspecified atom stereocenters. The molecule has 2 aromatic carbocycles. The summed E-state index contributed by atoms with van der Waals surface area (Å²) in [5.74, 6) is 1.09. The summed E-state index contributed by atoms with van der Waals surface area (Å²) in [6.07, 6.45) is 2.33. The second-order valence-corrected chi connectivity index (χ2v) is 9.20. The van der Waals surface area contributed by atoms with Gasteiger partial charge in [-0.3, -0.25) is 0 Å². The minimum atomic E-state index is 0.446. The van der Waals surface area contributed by atoms with Crippen LogP contribution in [0.3, 0.4) is 0 Å². The monoisotopic (exact) mass is 364 g/mol. The molecule has 3 aromatic rings. The lowest BCUT2D eigenvalue weighted by atomic mass is 9.89. The first-order valence-electron chi connectivity index (χ1n) is 9.70. The normalized spacial score (nSPS) is 17.3. The van der Waals surface area contributed by atoms with Gasteiger partial charge in [0.2, 0.25) is 0 Å². The molecular formula is C23H28N2S. The summed E-state index contributed by atoms with van der Waals surface area (Å²) in [6.45, 7) is 8.98. The van der Waals surface area contributed by atoms with Crippen LogP contribution in [0.4, 0.5) is 5.69 Å². The highest BCUT2D eigenvalue weighted by Gasteiger charge is 2.25. The summed E-state index contributed by atoms with van der Waals surface area (Å²) >= 11 is 1.85. The molecule has 1 atom stereocenters. The fourth-order valence-electron chi connectivity index (χ4n) is 3.97. The van der Waals surface area contributed by atoms with Gasteiger partial charge in [-0.25, -0.2) is 4.98 Å². The van der Waals surface area contributed by atoms with Crippen molar-refractivity contribution in [2.45, 2.75) is 58.4 Å². The van der Waals surface area contributed by atoms with Crippen molar-refractivity contribution in [3.05, 3.63) is 58.1 Å². The van der Waals surface area contributed by atoms with Crippen LogP contribution in [0.5, 0.6) is 0 Å².